The van der Waals surface area contributed by atoms with Crippen molar-refractivity contribution in [3.8, 4) is 0 Å². The van der Waals surface area contributed by atoms with Gasteiger partial charge in [-0.05, 0) is 24.3 Å². The van der Waals surface area contributed by atoms with E-state index in [1.165, 1.54) is 0 Å². The van der Waals surface area contributed by atoms with Gasteiger partial charge >= 0.3 is 0 Å². The fourth-order valence-corrected chi connectivity index (χ4v) is 3.99. The number of rotatable bonds is 3. The summed E-state index contributed by atoms with van der Waals surface area (Å²) < 4.78 is 2.10. The predicted octanol–water partition coefficient (Wildman–Crippen LogP) is 2.86. The molecular weight excluding hydrogens is 360 g/mol. The zero-order chi connectivity index (χ0) is 18.4. The normalized spacial score (nSPS) is 23.4. The molecule has 4 heterocycles. The van der Waals surface area contributed by atoms with E-state index < -0.39 is 0 Å². The lowest BCUT2D eigenvalue weighted by Gasteiger charge is -2.42. The number of aliphatic imine (C=N–C) groups is 1. The third-order valence-electron chi connectivity index (χ3n) is 5.28. The molecule has 1 saturated heterocycles. The molecule has 2 aliphatic rings. The van der Waals surface area contributed by atoms with Crippen LogP contribution < -0.4 is 0 Å². The van der Waals surface area contributed by atoms with Gasteiger partial charge in [0.05, 0.1) is 16.4 Å². The number of aromatic nitrogens is 4. The van der Waals surface area contributed by atoms with Crippen LogP contribution in [0.1, 0.15) is 17.6 Å². The van der Waals surface area contributed by atoms with E-state index in [0.717, 1.165) is 41.3 Å². The summed E-state index contributed by atoms with van der Waals surface area (Å²) in [4.78, 5) is 20.5. The van der Waals surface area contributed by atoms with Crippen LogP contribution in [-0.2, 0) is 7.05 Å². The number of likely N-dealkylation sites (tertiary alicyclic amines) is 1. The van der Waals surface area contributed by atoms with Crippen LogP contribution in [0.4, 0.5) is 0 Å². The number of hydrogen-bond donors (Lipinski definition) is 0. The van der Waals surface area contributed by atoms with Crippen molar-refractivity contribution >= 4 is 34.4 Å². The van der Waals surface area contributed by atoms with Crippen LogP contribution in [0.2, 0.25) is 0 Å². The minimum absolute atomic E-state index is 0.0187. The zero-order valence-electron chi connectivity index (χ0n) is 14.9. The van der Waals surface area contributed by atoms with E-state index in [-0.39, 0.29) is 11.5 Å². The second-order valence-electron chi connectivity index (χ2n) is 6.98. The van der Waals surface area contributed by atoms with Gasteiger partial charge in [0.1, 0.15) is 17.8 Å². The van der Waals surface area contributed by atoms with Gasteiger partial charge in [-0.25, -0.2) is 15.0 Å². The Labute approximate surface area is 162 Å². The van der Waals surface area contributed by atoms with Crippen LogP contribution in [0.15, 0.2) is 53.8 Å². The molecule has 0 saturated carbocycles. The first kappa shape index (κ1) is 16.6. The van der Waals surface area contributed by atoms with Crippen molar-refractivity contribution in [3.05, 3.63) is 60.5 Å². The van der Waals surface area contributed by atoms with Crippen LogP contribution in [0.25, 0.3) is 16.6 Å². The number of alkyl halides is 1. The molecular formula is C20H19ClN6. The Kier molecular flexibility index (Phi) is 4.02. The van der Waals surface area contributed by atoms with E-state index in [1.54, 1.807) is 12.4 Å². The summed E-state index contributed by atoms with van der Waals surface area (Å²) in [7, 11) is 2.03. The Bertz CT molecular complexity index is 1040. The van der Waals surface area contributed by atoms with Crippen LogP contribution in [0.5, 0.6) is 0 Å². The Morgan fingerprint density at radius 1 is 1.07 bits per heavy atom. The topological polar surface area (TPSA) is 59.2 Å². The Morgan fingerprint density at radius 2 is 1.85 bits per heavy atom. The maximum atomic E-state index is 6.56. The Hall–Kier alpha value is -2.57. The lowest BCUT2D eigenvalue weighted by molar-refractivity contribution is 0.114. The second kappa shape index (κ2) is 6.55. The summed E-state index contributed by atoms with van der Waals surface area (Å²) in [6, 6.07) is 9.97. The van der Waals surface area contributed by atoms with E-state index in [0.29, 0.717) is 5.92 Å². The van der Waals surface area contributed by atoms with E-state index in [9.17, 15) is 0 Å². The maximum absolute atomic E-state index is 6.56. The van der Waals surface area contributed by atoms with Gasteiger partial charge in [0.2, 0.25) is 0 Å². The number of para-hydroxylation sites is 2. The number of hydrogen-bond acceptors (Lipinski definition) is 5. The van der Waals surface area contributed by atoms with Gasteiger partial charge in [0.15, 0.2) is 0 Å². The highest BCUT2D eigenvalue weighted by Crippen LogP contribution is 2.32. The van der Waals surface area contributed by atoms with Gasteiger partial charge < -0.3 is 4.57 Å². The smallest absolute Gasteiger partial charge is 0.138 e. The van der Waals surface area contributed by atoms with Crippen molar-refractivity contribution in [3.63, 3.8) is 0 Å². The molecule has 6 nitrogen and oxygen atoms in total. The minimum Gasteiger partial charge on any atom is -0.327 e. The fraction of sp³-hybridized carbons (Fsp3) is 0.300. The summed E-state index contributed by atoms with van der Waals surface area (Å²) in [6.07, 6.45) is 7.54. The molecule has 27 heavy (non-hydrogen) atoms. The van der Waals surface area contributed by atoms with Crippen molar-refractivity contribution in [2.45, 2.75) is 17.5 Å². The van der Waals surface area contributed by atoms with Gasteiger partial charge in [0, 0.05) is 50.2 Å². The zero-order valence-corrected chi connectivity index (χ0v) is 15.7. The van der Waals surface area contributed by atoms with Gasteiger partial charge in [0.25, 0.3) is 0 Å². The van der Waals surface area contributed by atoms with Crippen LogP contribution in [0.3, 0.4) is 0 Å². The first-order valence-corrected chi connectivity index (χ1v) is 9.46. The number of benzene rings is 1. The lowest BCUT2D eigenvalue weighted by atomic mass is 9.97. The van der Waals surface area contributed by atoms with Gasteiger partial charge in [-0.3, -0.25) is 9.89 Å². The summed E-state index contributed by atoms with van der Waals surface area (Å²) in [6.45, 7) is 1.79. The van der Waals surface area contributed by atoms with E-state index in [4.69, 9.17) is 16.6 Å². The number of nitrogens with zero attached hydrogens (tertiary/aromatic N) is 6. The quantitative estimate of drug-likeness (QED) is 0.657. The van der Waals surface area contributed by atoms with Gasteiger partial charge in [-0.1, -0.05) is 12.1 Å². The van der Waals surface area contributed by atoms with Crippen molar-refractivity contribution in [1.29, 1.82) is 0 Å². The van der Waals surface area contributed by atoms with E-state index in [1.807, 2.05) is 37.5 Å². The predicted molar refractivity (Wildman–Crippen MR) is 107 cm³/mol. The molecule has 7 heteroatoms. The molecule has 1 aromatic carbocycles. The fourth-order valence-electron chi connectivity index (χ4n) is 3.75. The monoisotopic (exact) mass is 378 g/mol. The maximum Gasteiger partial charge on any atom is 0.138 e. The number of dihydropyridines is 1. The first-order chi connectivity index (χ1) is 13.2. The van der Waals surface area contributed by atoms with Crippen molar-refractivity contribution in [2.75, 3.05) is 13.1 Å². The minimum atomic E-state index is -0.272. The average Bonchev–Trinajstić information content (AvgIpc) is 3.00. The molecule has 2 unspecified atom stereocenters. The standard InChI is InChI=1S/C20H19ClN6/c1-26-17-6-3-2-5-16(17)25-20(26)14-9-18(24-10-15(14)21)27-11-13(12-27)19-22-7-4-8-23-19/h2-10,13,15,18H,11-12H2,1H3. The number of aryl methyl sites for hydroxylation is 1. The molecule has 0 spiro atoms. The molecule has 2 aromatic heterocycles. The molecule has 0 amide bonds. The summed E-state index contributed by atoms with van der Waals surface area (Å²) in [5, 5.41) is -0.272. The lowest BCUT2D eigenvalue weighted by Crippen LogP contribution is -2.50. The van der Waals surface area contributed by atoms with E-state index >= 15 is 0 Å². The first-order valence-electron chi connectivity index (χ1n) is 9.02. The van der Waals surface area contributed by atoms with E-state index in [2.05, 4.69) is 36.6 Å². The van der Waals surface area contributed by atoms with Crippen molar-refractivity contribution in [2.24, 2.45) is 12.0 Å². The highest BCUT2D eigenvalue weighted by Gasteiger charge is 2.36. The van der Waals surface area contributed by atoms with Crippen molar-refractivity contribution < 1.29 is 0 Å². The SMILES string of the molecule is Cn1c(C2=CC(N3CC(c4ncccn4)C3)N=CC2Cl)nc2ccccc21. The Morgan fingerprint density at radius 3 is 2.63 bits per heavy atom. The third kappa shape index (κ3) is 2.85. The summed E-state index contributed by atoms with van der Waals surface area (Å²) in [5.74, 6) is 2.17. The van der Waals surface area contributed by atoms with Gasteiger partial charge in [-0.15, -0.1) is 11.6 Å². The molecule has 5 rings (SSSR count). The van der Waals surface area contributed by atoms with Crippen molar-refractivity contribution in [1.82, 2.24) is 24.4 Å². The number of halogens is 1. The largest absolute Gasteiger partial charge is 0.327 e. The molecule has 0 aliphatic carbocycles. The second-order valence-corrected chi connectivity index (χ2v) is 7.45. The summed E-state index contributed by atoms with van der Waals surface area (Å²) >= 11 is 6.56. The third-order valence-corrected chi connectivity index (χ3v) is 5.62. The summed E-state index contributed by atoms with van der Waals surface area (Å²) in [5.41, 5.74) is 3.08. The van der Waals surface area contributed by atoms with Crippen LogP contribution in [0, 0.1) is 0 Å². The number of allylic oxidation sites excluding steroid dienone is 1. The van der Waals surface area contributed by atoms with Crippen LogP contribution >= 0.6 is 11.6 Å². The molecule has 0 radical (unpaired) electrons. The molecule has 2 aliphatic heterocycles. The molecule has 0 N–H and O–H groups in total. The number of imidazole rings is 1. The number of fused-ring (bicyclic) bond motifs is 1. The highest BCUT2D eigenvalue weighted by molar-refractivity contribution is 6.34. The Balaban J connectivity index is 1.40. The molecule has 0 bridgehead atoms. The molecule has 2 atom stereocenters. The molecule has 1 fully saturated rings. The van der Waals surface area contributed by atoms with Gasteiger partial charge in [-0.2, -0.15) is 0 Å². The van der Waals surface area contributed by atoms with Crippen LogP contribution in [-0.4, -0.2) is 55.3 Å². The molecule has 3 aromatic rings. The molecule has 136 valence electrons. The average molecular weight is 379 g/mol. The highest BCUT2D eigenvalue weighted by atomic mass is 35.5.